The van der Waals surface area contributed by atoms with Crippen LogP contribution in [0.15, 0.2) is 36.8 Å². The number of nitrogens with zero attached hydrogens (tertiary/aromatic N) is 2. The van der Waals surface area contributed by atoms with Gasteiger partial charge < -0.3 is 14.6 Å². The Kier molecular flexibility index (Phi) is 5.70. The maximum absolute atomic E-state index is 12.9. The molecule has 5 heteroatoms. The van der Waals surface area contributed by atoms with E-state index in [1.54, 1.807) is 6.33 Å². The van der Waals surface area contributed by atoms with Crippen LogP contribution in [0.2, 0.25) is 0 Å². The number of imidazole rings is 1. The van der Waals surface area contributed by atoms with Crippen molar-refractivity contribution in [2.45, 2.75) is 71.1 Å². The smallest absolute Gasteiger partial charge is 0.221 e. The van der Waals surface area contributed by atoms with Gasteiger partial charge in [0.05, 0.1) is 24.2 Å². The molecular formula is C22H31N3O2. The fourth-order valence-corrected chi connectivity index (χ4v) is 4.46. The molecule has 0 aliphatic carbocycles. The van der Waals surface area contributed by atoms with E-state index in [-0.39, 0.29) is 16.9 Å². The number of amides is 1. The Bertz CT molecular complexity index is 796. The van der Waals surface area contributed by atoms with Gasteiger partial charge in [0.15, 0.2) is 0 Å². The highest BCUT2D eigenvalue weighted by atomic mass is 16.5. The van der Waals surface area contributed by atoms with Crippen LogP contribution in [-0.4, -0.2) is 27.7 Å². The molecule has 0 unspecified atom stereocenters. The number of hydrogen-bond donors (Lipinski definition) is 1. The molecular weight excluding hydrogens is 338 g/mol. The molecule has 1 amide bonds. The molecule has 1 atom stereocenters. The van der Waals surface area contributed by atoms with Gasteiger partial charge in [-0.3, -0.25) is 4.79 Å². The predicted molar refractivity (Wildman–Crippen MR) is 106 cm³/mol. The summed E-state index contributed by atoms with van der Waals surface area (Å²) >= 11 is 0. The van der Waals surface area contributed by atoms with E-state index in [9.17, 15) is 4.79 Å². The van der Waals surface area contributed by atoms with E-state index in [2.05, 4.69) is 66.8 Å². The minimum absolute atomic E-state index is 0.0832. The minimum atomic E-state index is -0.234. The van der Waals surface area contributed by atoms with Crippen molar-refractivity contribution in [1.29, 1.82) is 0 Å². The first-order valence-electron chi connectivity index (χ1n) is 9.81. The zero-order chi connectivity index (χ0) is 19.5. The normalized spacial score (nSPS) is 21.8. The van der Waals surface area contributed by atoms with Gasteiger partial charge in [-0.15, -0.1) is 0 Å². The molecule has 3 rings (SSSR count). The van der Waals surface area contributed by atoms with E-state index in [1.807, 2.05) is 6.20 Å². The lowest BCUT2D eigenvalue weighted by Crippen LogP contribution is -2.46. The number of aryl methyl sites for hydroxylation is 2. The molecule has 1 saturated heterocycles. The molecule has 2 aromatic rings. The Balaban J connectivity index is 1.79. The summed E-state index contributed by atoms with van der Waals surface area (Å²) in [7, 11) is 0. The Morgan fingerprint density at radius 2 is 2.11 bits per heavy atom. The zero-order valence-electron chi connectivity index (χ0n) is 16.9. The number of nitrogens with one attached hydrogen (secondary N) is 1. The summed E-state index contributed by atoms with van der Waals surface area (Å²) in [6.07, 6.45) is 5.80. The molecule has 5 nitrogen and oxygen atoms in total. The largest absolute Gasteiger partial charge is 0.376 e. The van der Waals surface area contributed by atoms with E-state index in [4.69, 9.17) is 4.74 Å². The number of carbonyl (C=O) groups excluding carboxylic acids is 1. The van der Waals surface area contributed by atoms with Crippen LogP contribution in [0.5, 0.6) is 0 Å². The molecule has 1 aromatic heterocycles. The van der Waals surface area contributed by atoms with Crippen molar-refractivity contribution in [3.8, 4) is 0 Å². The molecule has 146 valence electrons. The van der Waals surface area contributed by atoms with Crippen molar-refractivity contribution >= 4 is 5.91 Å². The first kappa shape index (κ1) is 19.6. The topological polar surface area (TPSA) is 56.2 Å². The van der Waals surface area contributed by atoms with Crippen LogP contribution >= 0.6 is 0 Å². The number of aromatic nitrogens is 2. The summed E-state index contributed by atoms with van der Waals surface area (Å²) in [5, 5.41) is 3.11. The summed E-state index contributed by atoms with van der Waals surface area (Å²) in [5.41, 5.74) is 3.12. The lowest BCUT2D eigenvalue weighted by atomic mass is 9.66. The summed E-state index contributed by atoms with van der Waals surface area (Å²) in [6.45, 7) is 10.5. The van der Waals surface area contributed by atoms with Gasteiger partial charge in [-0.1, -0.05) is 24.3 Å². The quantitative estimate of drug-likeness (QED) is 0.844. The molecule has 1 N–H and O–H groups in total. The standard InChI is InChI=1S/C22H31N3O2/c1-5-25-16-23-13-18(25)14-24-20(26)12-22(10-11-27-21(3,4)15-22)19-9-7-6-8-17(19)2/h6-9,13,16H,5,10-12,14-15H2,1-4H3,(H,24,26)/t22-/m0/s1. The number of rotatable bonds is 6. The first-order chi connectivity index (χ1) is 12.9. The monoisotopic (exact) mass is 369 g/mol. The van der Waals surface area contributed by atoms with Crippen molar-refractivity contribution in [2.75, 3.05) is 6.61 Å². The van der Waals surface area contributed by atoms with E-state index in [0.29, 0.717) is 19.6 Å². The summed E-state index contributed by atoms with van der Waals surface area (Å²) < 4.78 is 8.02. The van der Waals surface area contributed by atoms with Crippen LogP contribution in [0.3, 0.4) is 0 Å². The van der Waals surface area contributed by atoms with Gasteiger partial charge in [0.25, 0.3) is 0 Å². The minimum Gasteiger partial charge on any atom is -0.376 e. The van der Waals surface area contributed by atoms with Gasteiger partial charge in [-0.25, -0.2) is 4.98 Å². The van der Waals surface area contributed by atoms with Gasteiger partial charge >= 0.3 is 0 Å². The molecule has 1 aliphatic heterocycles. The van der Waals surface area contributed by atoms with Crippen molar-refractivity contribution < 1.29 is 9.53 Å². The Morgan fingerprint density at radius 1 is 1.33 bits per heavy atom. The van der Waals surface area contributed by atoms with Gasteiger partial charge in [0.2, 0.25) is 5.91 Å². The number of ether oxygens (including phenoxy) is 1. The summed E-state index contributed by atoms with van der Waals surface area (Å²) in [5.74, 6) is 0.0832. The number of carbonyl (C=O) groups is 1. The van der Waals surface area contributed by atoms with Crippen LogP contribution in [0.25, 0.3) is 0 Å². The molecule has 1 aliphatic rings. The molecule has 2 heterocycles. The summed E-state index contributed by atoms with van der Waals surface area (Å²) in [4.78, 5) is 17.1. The van der Waals surface area contributed by atoms with Crippen LogP contribution in [-0.2, 0) is 28.0 Å². The van der Waals surface area contributed by atoms with Crippen LogP contribution in [0, 0.1) is 6.92 Å². The van der Waals surface area contributed by atoms with Gasteiger partial charge in [-0.05, 0) is 51.7 Å². The van der Waals surface area contributed by atoms with Crippen LogP contribution in [0.1, 0.15) is 56.9 Å². The molecule has 27 heavy (non-hydrogen) atoms. The highest BCUT2D eigenvalue weighted by molar-refractivity contribution is 5.77. The Hall–Kier alpha value is -2.14. The first-order valence-corrected chi connectivity index (χ1v) is 9.81. The molecule has 1 fully saturated rings. The third-order valence-corrected chi connectivity index (χ3v) is 5.66. The predicted octanol–water partition coefficient (Wildman–Crippen LogP) is 3.74. The second-order valence-electron chi connectivity index (χ2n) is 8.25. The third-order valence-electron chi connectivity index (χ3n) is 5.66. The third kappa shape index (κ3) is 4.41. The SMILES string of the molecule is CCn1cncc1CNC(=O)C[C@@]1(c2ccccc2C)CCOC(C)(C)C1. The van der Waals surface area contributed by atoms with Crippen molar-refractivity contribution in [3.05, 3.63) is 53.6 Å². The van der Waals surface area contributed by atoms with Crippen molar-refractivity contribution in [1.82, 2.24) is 14.9 Å². The van der Waals surface area contributed by atoms with Crippen LogP contribution < -0.4 is 5.32 Å². The maximum Gasteiger partial charge on any atom is 0.221 e. The van der Waals surface area contributed by atoms with Gasteiger partial charge in [-0.2, -0.15) is 0 Å². The van der Waals surface area contributed by atoms with Crippen LogP contribution in [0.4, 0.5) is 0 Å². The average Bonchev–Trinajstić information content (AvgIpc) is 3.07. The van der Waals surface area contributed by atoms with Gasteiger partial charge in [0, 0.05) is 31.2 Å². The van der Waals surface area contributed by atoms with E-state index >= 15 is 0 Å². The van der Waals surface area contributed by atoms with E-state index < -0.39 is 0 Å². The summed E-state index contributed by atoms with van der Waals surface area (Å²) in [6, 6.07) is 8.45. The lowest BCUT2D eigenvalue weighted by molar-refractivity contribution is -0.126. The Labute approximate surface area is 162 Å². The lowest BCUT2D eigenvalue weighted by Gasteiger charge is -2.45. The fourth-order valence-electron chi connectivity index (χ4n) is 4.46. The maximum atomic E-state index is 12.9. The Morgan fingerprint density at radius 3 is 2.81 bits per heavy atom. The molecule has 0 saturated carbocycles. The fraction of sp³-hybridized carbons (Fsp3) is 0.545. The highest BCUT2D eigenvalue weighted by Gasteiger charge is 2.44. The molecule has 1 aromatic carbocycles. The molecule has 0 spiro atoms. The number of benzene rings is 1. The molecule has 0 radical (unpaired) electrons. The van der Waals surface area contributed by atoms with Crippen molar-refractivity contribution in [3.63, 3.8) is 0 Å². The zero-order valence-corrected chi connectivity index (χ0v) is 16.9. The van der Waals surface area contributed by atoms with Crippen molar-refractivity contribution in [2.24, 2.45) is 0 Å². The second-order valence-corrected chi connectivity index (χ2v) is 8.25. The molecule has 0 bridgehead atoms. The number of hydrogen-bond acceptors (Lipinski definition) is 3. The van der Waals surface area contributed by atoms with E-state index in [1.165, 1.54) is 11.1 Å². The second kappa shape index (κ2) is 7.85. The average molecular weight is 370 g/mol. The highest BCUT2D eigenvalue weighted by Crippen LogP contribution is 2.45. The van der Waals surface area contributed by atoms with E-state index in [0.717, 1.165) is 25.1 Å². The van der Waals surface area contributed by atoms with Gasteiger partial charge in [0.1, 0.15) is 0 Å².